The third-order valence-corrected chi connectivity index (χ3v) is 7.46. The Labute approximate surface area is 149 Å². The molecule has 0 amide bonds. The summed E-state index contributed by atoms with van der Waals surface area (Å²) in [5.74, 6) is 1.58. The lowest BCUT2D eigenvalue weighted by atomic mass is 9.87. The fourth-order valence-electron chi connectivity index (χ4n) is 3.40. The van der Waals surface area contributed by atoms with Crippen molar-refractivity contribution in [3.63, 3.8) is 0 Å². The molecule has 1 fully saturated rings. The molecular weight excluding hydrogens is 342 g/mol. The van der Waals surface area contributed by atoms with E-state index in [1.807, 2.05) is 23.0 Å². The lowest BCUT2D eigenvalue weighted by Gasteiger charge is -2.19. The quantitative estimate of drug-likeness (QED) is 0.779. The van der Waals surface area contributed by atoms with E-state index >= 15 is 0 Å². The van der Waals surface area contributed by atoms with Gasteiger partial charge in [-0.3, -0.25) is 4.79 Å². The number of cyclic esters (lactones) is 1. The molecule has 7 heteroatoms. The first-order valence-electron chi connectivity index (χ1n) is 8.50. The number of fused-ring (bicyclic) bond motifs is 1. The van der Waals surface area contributed by atoms with Gasteiger partial charge >= 0.3 is 5.97 Å². The molecule has 0 saturated carbocycles. The number of aryl methyl sites for hydroxylation is 1. The highest BCUT2D eigenvalue weighted by molar-refractivity contribution is 8.00. The second-order valence-electron chi connectivity index (χ2n) is 6.50. The Kier molecular flexibility index (Phi) is 4.39. The van der Waals surface area contributed by atoms with E-state index in [1.54, 1.807) is 0 Å². The molecule has 2 aliphatic rings. The van der Waals surface area contributed by atoms with Crippen molar-refractivity contribution >= 4 is 29.1 Å². The van der Waals surface area contributed by atoms with Crippen LogP contribution in [-0.2, 0) is 29.4 Å². The van der Waals surface area contributed by atoms with E-state index in [2.05, 4.69) is 23.2 Å². The van der Waals surface area contributed by atoms with Crippen LogP contribution in [0.15, 0.2) is 11.2 Å². The molecule has 0 bridgehead atoms. The topological polar surface area (TPSA) is 57.0 Å². The number of thiophene rings is 1. The maximum absolute atomic E-state index is 11.7. The predicted octanol–water partition coefficient (Wildman–Crippen LogP) is 3.47. The molecule has 24 heavy (non-hydrogen) atoms. The second-order valence-corrected chi connectivity index (χ2v) is 8.81. The Morgan fingerprint density at radius 3 is 3.04 bits per heavy atom. The Bertz CT molecular complexity index is 768. The molecule has 5 nitrogen and oxygen atoms in total. The number of ether oxygens (including phenoxy) is 1. The zero-order chi connectivity index (χ0) is 16.7. The first kappa shape index (κ1) is 16.1. The molecule has 2 atom stereocenters. The van der Waals surface area contributed by atoms with Crippen LogP contribution in [0, 0.1) is 5.92 Å². The Morgan fingerprint density at radius 2 is 2.29 bits per heavy atom. The van der Waals surface area contributed by atoms with Gasteiger partial charge in [0.05, 0.1) is 11.5 Å². The van der Waals surface area contributed by atoms with Gasteiger partial charge in [0.25, 0.3) is 0 Å². The highest BCUT2D eigenvalue weighted by Gasteiger charge is 2.30. The summed E-state index contributed by atoms with van der Waals surface area (Å²) in [6.07, 6.45) is 5.68. The van der Waals surface area contributed by atoms with Gasteiger partial charge in [0, 0.05) is 18.3 Å². The van der Waals surface area contributed by atoms with E-state index < -0.39 is 0 Å². The molecule has 1 aliphatic carbocycles. The van der Waals surface area contributed by atoms with Gasteiger partial charge in [-0.25, -0.2) is 0 Å². The molecule has 128 valence electrons. The first-order valence-corrected chi connectivity index (χ1v) is 10.2. The second kappa shape index (κ2) is 6.52. The van der Waals surface area contributed by atoms with Crippen LogP contribution in [0.3, 0.4) is 0 Å². The van der Waals surface area contributed by atoms with Crippen LogP contribution in [0.2, 0.25) is 0 Å². The smallest absolute Gasteiger partial charge is 0.319 e. The van der Waals surface area contributed by atoms with Crippen molar-refractivity contribution in [2.24, 2.45) is 13.0 Å². The van der Waals surface area contributed by atoms with Gasteiger partial charge in [0.1, 0.15) is 5.25 Å². The van der Waals surface area contributed by atoms with Crippen LogP contribution in [0.1, 0.15) is 36.6 Å². The van der Waals surface area contributed by atoms with Crippen molar-refractivity contribution in [2.75, 3.05) is 6.61 Å². The normalized spacial score (nSPS) is 23.3. The van der Waals surface area contributed by atoms with Crippen LogP contribution in [0.4, 0.5) is 0 Å². The monoisotopic (exact) mass is 363 g/mol. The molecule has 0 spiro atoms. The molecule has 2 aromatic rings. The van der Waals surface area contributed by atoms with Crippen molar-refractivity contribution in [2.45, 2.75) is 49.4 Å². The molecule has 3 heterocycles. The molecule has 1 saturated heterocycles. The van der Waals surface area contributed by atoms with Gasteiger partial charge in [0.2, 0.25) is 0 Å². The molecule has 0 aromatic carbocycles. The fraction of sp³-hybridized carbons (Fsp3) is 0.588. The van der Waals surface area contributed by atoms with Crippen LogP contribution >= 0.6 is 23.1 Å². The van der Waals surface area contributed by atoms with Crippen molar-refractivity contribution < 1.29 is 9.53 Å². The number of hydrogen-bond acceptors (Lipinski definition) is 6. The standard InChI is InChI=1S/C17H21N3O2S2/c1-3-10-4-5-12-11(8-10)9-14(23-12)15-18-19-17(20(15)2)24-13-6-7-22-16(13)21/h9-10,13H,3-8H2,1-2H3/t10-,13-/m1/s1. The first-order chi connectivity index (χ1) is 11.7. The van der Waals surface area contributed by atoms with Crippen LogP contribution in [-0.4, -0.2) is 32.6 Å². The minimum absolute atomic E-state index is 0.137. The largest absolute Gasteiger partial charge is 0.465 e. The van der Waals surface area contributed by atoms with Gasteiger partial charge in [0.15, 0.2) is 11.0 Å². The van der Waals surface area contributed by atoms with E-state index in [4.69, 9.17) is 4.74 Å². The van der Waals surface area contributed by atoms with Crippen LogP contribution < -0.4 is 0 Å². The molecule has 1 aliphatic heterocycles. The highest BCUT2D eigenvalue weighted by Crippen LogP contribution is 2.38. The van der Waals surface area contributed by atoms with Crippen LogP contribution in [0.25, 0.3) is 10.7 Å². The summed E-state index contributed by atoms with van der Waals surface area (Å²) in [6.45, 7) is 2.79. The van der Waals surface area contributed by atoms with Gasteiger partial charge in [-0.2, -0.15) is 0 Å². The summed E-state index contributed by atoms with van der Waals surface area (Å²) in [5, 5.41) is 9.32. The summed E-state index contributed by atoms with van der Waals surface area (Å²) in [5.41, 5.74) is 1.49. The van der Waals surface area contributed by atoms with E-state index in [0.29, 0.717) is 6.61 Å². The van der Waals surface area contributed by atoms with Crippen LogP contribution in [0.5, 0.6) is 0 Å². The van der Waals surface area contributed by atoms with E-state index in [0.717, 1.165) is 23.3 Å². The van der Waals surface area contributed by atoms with Gasteiger partial charge in [-0.15, -0.1) is 21.5 Å². The number of esters is 1. The summed E-state index contributed by atoms with van der Waals surface area (Å²) in [7, 11) is 1.98. The highest BCUT2D eigenvalue weighted by atomic mass is 32.2. The summed E-state index contributed by atoms with van der Waals surface area (Å²) in [6, 6.07) is 2.30. The number of aromatic nitrogens is 3. The van der Waals surface area contributed by atoms with Crippen molar-refractivity contribution in [3.05, 3.63) is 16.5 Å². The SMILES string of the molecule is CC[C@@H]1CCc2sc(-c3nnc(S[C@@H]4CCOC4=O)n3C)cc2C1. The van der Waals surface area contributed by atoms with Crippen molar-refractivity contribution in [3.8, 4) is 10.7 Å². The zero-order valence-corrected chi connectivity index (χ0v) is 15.6. The Morgan fingerprint density at radius 1 is 1.42 bits per heavy atom. The average Bonchev–Trinajstić information content (AvgIpc) is 3.27. The lowest BCUT2D eigenvalue weighted by molar-refractivity contribution is -0.137. The third kappa shape index (κ3) is 2.88. The summed E-state index contributed by atoms with van der Waals surface area (Å²) in [4.78, 5) is 14.4. The van der Waals surface area contributed by atoms with Gasteiger partial charge < -0.3 is 9.30 Å². The fourth-order valence-corrected chi connectivity index (χ4v) is 5.60. The van der Waals surface area contributed by atoms with E-state index in [9.17, 15) is 4.79 Å². The zero-order valence-electron chi connectivity index (χ0n) is 13.9. The van der Waals surface area contributed by atoms with E-state index in [-0.39, 0.29) is 11.2 Å². The van der Waals surface area contributed by atoms with Gasteiger partial charge in [-0.1, -0.05) is 25.1 Å². The van der Waals surface area contributed by atoms with Crippen molar-refractivity contribution in [1.82, 2.24) is 14.8 Å². The summed E-state index contributed by atoms with van der Waals surface area (Å²) >= 11 is 3.31. The maximum atomic E-state index is 11.7. The molecule has 4 rings (SSSR count). The minimum atomic E-state index is -0.150. The lowest BCUT2D eigenvalue weighted by Crippen LogP contribution is -2.10. The molecule has 0 N–H and O–H groups in total. The molecule has 0 radical (unpaired) electrons. The summed E-state index contributed by atoms with van der Waals surface area (Å²) < 4.78 is 7.03. The number of hydrogen-bond donors (Lipinski definition) is 0. The Hall–Kier alpha value is -1.34. The number of carbonyl (C=O) groups excluding carboxylic acids is 1. The minimum Gasteiger partial charge on any atom is -0.465 e. The predicted molar refractivity (Wildman–Crippen MR) is 95.3 cm³/mol. The Balaban J connectivity index is 1.57. The third-order valence-electron chi connectivity index (χ3n) is 4.95. The molecule has 2 aromatic heterocycles. The number of carbonyl (C=O) groups is 1. The number of rotatable bonds is 4. The van der Waals surface area contributed by atoms with E-state index in [1.165, 1.54) is 52.8 Å². The molecular formula is C17H21N3O2S2. The van der Waals surface area contributed by atoms with Crippen molar-refractivity contribution in [1.29, 1.82) is 0 Å². The number of nitrogens with zero attached hydrogens (tertiary/aromatic N) is 3. The average molecular weight is 364 g/mol. The maximum Gasteiger partial charge on any atom is 0.319 e. The van der Waals surface area contributed by atoms with Gasteiger partial charge in [-0.05, 0) is 36.8 Å². The molecule has 0 unspecified atom stereocenters. The number of thioether (sulfide) groups is 1.